The van der Waals surface area contributed by atoms with Crippen LogP contribution in [0.3, 0.4) is 0 Å². The molecule has 0 radical (unpaired) electrons. The minimum Gasteiger partial charge on any atom is -0.369 e. The van der Waals surface area contributed by atoms with Crippen LogP contribution in [0, 0.1) is 0 Å². The average molecular weight is 355 g/mol. The van der Waals surface area contributed by atoms with Gasteiger partial charge in [0, 0.05) is 17.3 Å². The Hall–Kier alpha value is -2.31. The number of nitrogens with one attached hydrogen (secondary N) is 1. The highest BCUT2D eigenvalue weighted by Crippen LogP contribution is 2.35. The second-order valence-corrected chi connectivity index (χ2v) is 8.44. The van der Waals surface area contributed by atoms with Gasteiger partial charge in [0.2, 0.25) is 0 Å². The summed E-state index contributed by atoms with van der Waals surface area (Å²) < 4.78 is 27.3. The van der Waals surface area contributed by atoms with Crippen LogP contribution in [0.5, 0.6) is 0 Å². The first kappa shape index (κ1) is 16.2. The molecule has 1 atom stereocenters. The number of nitrogens with zero attached hydrogens (tertiary/aromatic N) is 2. The van der Waals surface area contributed by atoms with E-state index in [4.69, 9.17) is 0 Å². The molecule has 2 heterocycles. The van der Waals surface area contributed by atoms with Crippen LogP contribution in [0.25, 0.3) is 10.9 Å². The van der Waals surface area contributed by atoms with Crippen LogP contribution >= 0.6 is 0 Å². The maximum atomic E-state index is 13.0. The van der Waals surface area contributed by atoms with E-state index in [1.54, 1.807) is 30.5 Å². The zero-order valence-electron chi connectivity index (χ0n) is 14.3. The lowest BCUT2D eigenvalue weighted by molar-refractivity contribution is 0.302. The number of hydrogen-bond donors (Lipinski definition) is 1. The Kier molecular flexibility index (Phi) is 3.81. The van der Waals surface area contributed by atoms with Gasteiger partial charge in [-0.15, -0.1) is 0 Å². The lowest BCUT2D eigenvalue weighted by atomic mass is 9.99. The highest BCUT2D eigenvalue weighted by atomic mass is 32.2. The summed E-state index contributed by atoms with van der Waals surface area (Å²) in [5.41, 5.74) is 2.99. The highest BCUT2D eigenvalue weighted by molar-refractivity contribution is 7.90. The van der Waals surface area contributed by atoms with Crippen LogP contribution < -0.4 is 5.32 Å². The molecule has 0 saturated carbocycles. The number of benzene rings is 2. The van der Waals surface area contributed by atoms with Gasteiger partial charge in [0.1, 0.15) is 0 Å². The van der Waals surface area contributed by atoms with Gasteiger partial charge in [0.25, 0.3) is 10.0 Å². The number of aryl methyl sites for hydroxylation is 1. The van der Waals surface area contributed by atoms with Crippen LogP contribution in [0.4, 0.5) is 5.69 Å². The third-order valence-corrected chi connectivity index (χ3v) is 6.55. The first-order valence-electron chi connectivity index (χ1n) is 8.35. The molecule has 6 heteroatoms. The van der Waals surface area contributed by atoms with E-state index in [-0.39, 0.29) is 6.17 Å². The first-order chi connectivity index (χ1) is 12.0. The van der Waals surface area contributed by atoms with Gasteiger partial charge in [-0.3, -0.25) is 4.90 Å². The van der Waals surface area contributed by atoms with E-state index in [2.05, 4.69) is 10.2 Å². The maximum absolute atomic E-state index is 13.0. The Labute approximate surface area is 147 Å². The molecule has 3 aromatic rings. The van der Waals surface area contributed by atoms with Crippen molar-refractivity contribution in [3.8, 4) is 0 Å². The lowest BCUT2D eigenvalue weighted by Crippen LogP contribution is -2.38. The Balaban J connectivity index is 1.86. The predicted octanol–water partition coefficient (Wildman–Crippen LogP) is 3.12. The summed E-state index contributed by atoms with van der Waals surface area (Å²) in [6, 6.07) is 14.4. The van der Waals surface area contributed by atoms with Crippen molar-refractivity contribution in [2.45, 2.75) is 23.9 Å². The fourth-order valence-electron chi connectivity index (χ4n) is 3.45. The molecule has 130 valence electrons. The quantitative estimate of drug-likeness (QED) is 0.784. The molecule has 1 aromatic heterocycles. The summed E-state index contributed by atoms with van der Waals surface area (Å²) in [5.74, 6) is 0. The van der Waals surface area contributed by atoms with Crippen LogP contribution in [-0.4, -0.2) is 37.6 Å². The van der Waals surface area contributed by atoms with E-state index < -0.39 is 10.0 Å². The smallest absolute Gasteiger partial charge is 0.268 e. The normalized spacial score (nSPS) is 17.5. The second kappa shape index (κ2) is 5.89. The van der Waals surface area contributed by atoms with Crippen LogP contribution in [-0.2, 0) is 16.4 Å². The molecule has 1 unspecified atom stereocenters. The van der Waals surface area contributed by atoms with E-state index in [1.807, 2.05) is 38.4 Å². The van der Waals surface area contributed by atoms with Crippen molar-refractivity contribution in [2.75, 3.05) is 19.4 Å². The van der Waals surface area contributed by atoms with Gasteiger partial charge in [0.05, 0.1) is 16.6 Å². The summed E-state index contributed by atoms with van der Waals surface area (Å²) in [7, 11) is 0.499. The Morgan fingerprint density at radius 3 is 2.56 bits per heavy atom. The fraction of sp³-hybridized carbons (Fsp3) is 0.263. The van der Waals surface area contributed by atoms with Gasteiger partial charge >= 0.3 is 0 Å². The zero-order chi connectivity index (χ0) is 17.6. The van der Waals surface area contributed by atoms with Crippen molar-refractivity contribution in [2.24, 2.45) is 0 Å². The summed E-state index contributed by atoms with van der Waals surface area (Å²) in [6.07, 6.45) is 3.92. The number of aromatic nitrogens is 1. The van der Waals surface area contributed by atoms with E-state index in [0.717, 1.165) is 23.9 Å². The molecule has 1 aliphatic rings. The molecule has 0 amide bonds. The number of rotatable bonds is 3. The minimum absolute atomic E-state index is 0.257. The molecule has 0 fully saturated rings. The second-order valence-electron chi connectivity index (χ2n) is 6.62. The SMILES string of the molecule is CN(C)C1CCc2ccc3c(ccn3S(=O)(=O)c3ccccc3)c2N1. The highest BCUT2D eigenvalue weighted by Gasteiger charge is 2.24. The molecule has 1 aliphatic heterocycles. The summed E-state index contributed by atoms with van der Waals surface area (Å²) >= 11 is 0. The molecule has 25 heavy (non-hydrogen) atoms. The van der Waals surface area contributed by atoms with E-state index in [9.17, 15) is 8.42 Å². The minimum atomic E-state index is -3.60. The van der Waals surface area contributed by atoms with Crippen LogP contribution in [0.15, 0.2) is 59.6 Å². The largest absolute Gasteiger partial charge is 0.369 e. The first-order valence-corrected chi connectivity index (χ1v) is 9.79. The lowest BCUT2D eigenvalue weighted by Gasteiger charge is -2.32. The van der Waals surface area contributed by atoms with E-state index in [0.29, 0.717) is 10.4 Å². The molecule has 2 aromatic carbocycles. The van der Waals surface area contributed by atoms with Crippen molar-refractivity contribution in [3.05, 3.63) is 60.3 Å². The molecule has 0 bridgehead atoms. The third-order valence-electron chi connectivity index (χ3n) is 4.84. The topological polar surface area (TPSA) is 54.3 Å². The number of hydrogen-bond acceptors (Lipinski definition) is 4. The van der Waals surface area contributed by atoms with Crippen molar-refractivity contribution in [3.63, 3.8) is 0 Å². The summed E-state index contributed by atoms with van der Waals surface area (Å²) in [5, 5.41) is 4.51. The zero-order valence-corrected chi connectivity index (χ0v) is 15.1. The number of fused-ring (bicyclic) bond motifs is 3. The van der Waals surface area contributed by atoms with Crippen LogP contribution in [0.2, 0.25) is 0 Å². The van der Waals surface area contributed by atoms with E-state index in [1.165, 1.54) is 9.54 Å². The van der Waals surface area contributed by atoms with Gasteiger partial charge < -0.3 is 5.32 Å². The summed E-state index contributed by atoms with van der Waals surface area (Å²) in [4.78, 5) is 2.45. The number of anilines is 1. The standard InChI is InChI=1S/C19H21N3O2S/c1-21(2)18-11-9-14-8-10-17-16(19(14)20-18)12-13-22(17)25(23,24)15-6-4-3-5-7-15/h3-8,10,12-13,18,20H,9,11H2,1-2H3. The van der Waals surface area contributed by atoms with Gasteiger partial charge in [0.15, 0.2) is 0 Å². The Bertz CT molecular complexity index is 1020. The van der Waals surface area contributed by atoms with Gasteiger partial charge in [-0.1, -0.05) is 24.3 Å². The molecular formula is C19H21N3O2S. The molecule has 0 spiro atoms. The van der Waals surface area contributed by atoms with Crippen molar-refractivity contribution >= 4 is 26.6 Å². The van der Waals surface area contributed by atoms with Gasteiger partial charge in [-0.2, -0.15) is 0 Å². The molecule has 5 nitrogen and oxygen atoms in total. The third kappa shape index (κ3) is 2.62. The Morgan fingerprint density at radius 2 is 1.84 bits per heavy atom. The molecular weight excluding hydrogens is 334 g/mol. The van der Waals surface area contributed by atoms with Crippen LogP contribution in [0.1, 0.15) is 12.0 Å². The monoisotopic (exact) mass is 355 g/mol. The van der Waals surface area contributed by atoms with Gasteiger partial charge in [-0.05, 0) is 56.8 Å². The maximum Gasteiger partial charge on any atom is 0.268 e. The van der Waals surface area contributed by atoms with E-state index >= 15 is 0 Å². The molecule has 0 aliphatic carbocycles. The van der Waals surface area contributed by atoms with Crippen molar-refractivity contribution in [1.29, 1.82) is 0 Å². The fourth-order valence-corrected chi connectivity index (χ4v) is 4.82. The summed E-state index contributed by atoms with van der Waals surface area (Å²) in [6.45, 7) is 0. The Morgan fingerprint density at radius 1 is 1.08 bits per heavy atom. The molecule has 4 rings (SSSR count). The molecule has 1 N–H and O–H groups in total. The van der Waals surface area contributed by atoms with Crippen molar-refractivity contribution < 1.29 is 8.42 Å². The molecule has 0 saturated heterocycles. The predicted molar refractivity (Wildman–Crippen MR) is 100 cm³/mol. The van der Waals surface area contributed by atoms with Gasteiger partial charge in [-0.25, -0.2) is 12.4 Å². The van der Waals surface area contributed by atoms with Crippen molar-refractivity contribution in [1.82, 2.24) is 8.87 Å². The average Bonchev–Trinajstić information content (AvgIpc) is 3.07.